The molecule has 0 saturated heterocycles. The van der Waals surface area contributed by atoms with Crippen LogP contribution in [0.1, 0.15) is 259 Å². The lowest BCUT2D eigenvalue weighted by molar-refractivity contribution is 0.411. The summed E-state index contributed by atoms with van der Waals surface area (Å²) >= 11 is 0. The zero-order valence-electron chi connectivity index (χ0n) is 93.5. The van der Waals surface area contributed by atoms with Gasteiger partial charge in [0.05, 0.1) is 44.4 Å². The van der Waals surface area contributed by atoms with Gasteiger partial charge in [0.25, 0.3) is 6.71 Å². The van der Waals surface area contributed by atoms with Crippen molar-refractivity contribution in [2.45, 2.75) is 240 Å². The average Bonchev–Trinajstić information content (AvgIpc) is 1.30. The molecule has 626 valence electrons. The molecule has 2 aliphatic heterocycles. The highest BCUT2D eigenvalue weighted by molar-refractivity contribution is 7.00. The summed E-state index contributed by atoms with van der Waals surface area (Å²) in [5, 5.41) is 1.30. The van der Waals surface area contributed by atoms with E-state index in [9.17, 15) is 21.9 Å². The zero-order valence-corrected chi connectivity index (χ0v) is 77.5. The molecule has 4 heterocycles. The molecule has 17 rings (SSSR count). The Kier molecular flexibility index (Phi) is 16.2. The first-order valence-corrected chi connectivity index (χ1v) is 44.0. The Morgan fingerprint density at radius 2 is 0.593 bits per heavy atom. The Morgan fingerprint density at radius 1 is 0.268 bits per heavy atom. The molecule has 0 aliphatic carbocycles. The van der Waals surface area contributed by atoms with Gasteiger partial charge in [0.2, 0.25) is 0 Å². The van der Waals surface area contributed by atoms with Gasteiger partial charge in [-0.3, -0.25) is 0 Å². The highest BCUT2D eigenvalue weighted by Crippen LogP contribution is 2.55. The predicted octanol–water partition coefficient (Wildman–Crippen LogP) is 31.5. The standard InChI is InChI=1S/C118H131BN4/c1-110(2,3)70-74-48-54-101-95(56-74)89-44-28-30-46-99(89)120(101)87-50-52-97-105(66-87)122(103-68-91(76-36-32-40-82(58-76)114(13,14)15)80(72-112(7,8)9)62-93(103)78-38-34-42-84(60-78)116(19,20)21)107-64-86(118(25,26)27)65-108-109(107)119(97)98-53-51-88(121-100-47-31-29-45-90(100)96-57-75(49-55-102(96)121)71-111(4,5)6)67-106(98)123(108)104-69-92(77-37-33-41-83(59-77)115(16,17)18)81(73-113(10,11)12)63-94(104)79-39-35-43-85(61-79)117(22,23)24/h28-69H,70-73H2,1-27H3/i28D,29D,30D,31D,44D,45D,46D,47D,70D2,71D2,72D2,73D2. The summed E-state index contributed by atoms with van der Waals surface area (Å²) < 4.78 is 164. The van der Waals surface area contributed by atoms with Gasteiger partial charge in [0.15, 0.2) is 0 Å². The number of anilines is 6. The first-order valence-electron chi connectivity index (χ1n) is 52.0. The van der Waals surface area contributed by atoms with Crippen molar-refractivity contribution in [2.75, 3.05) is 9.80 Å². The molecule has 4 nitrogen and oxygen atoms in total. The Hall–Kier alpha value is -10.9. The van der Waals surface area contributed by atoms with Crippen LogP contribution in [0.15, 0.2) is 255 Å². The van der Waals surface area contributed by atoms with Crippen molar-refractivity contribution >= 4 is 101 Å². The normalized spacial score (nSPS) is 16.1. The number of rotatable bonds is 12. The summed E-state index contributed by atoms with van der Waals surface area (Å²) in [5.41, 5.74) is 15.6. The maximum Gasteiger partial charge on any atom is 0.252 e. The lowest BCUT2D eigenvalue weighted by Crippen LogP contribution is -2.61. The molecule has 0 bridgehead atoms. The van der Waals surface area contributed by atoms with E-state index in [1.165, 1.54) is 0 Å². The van der Waals surface area contributed by atoms with Crippen LogP contribution in [-0.2, 0) is 52.6 Å². The Bertz CT molecular complexity index is 7190. The van der Waals surface area contributed by atoms with Gasteiger partial charge < -0.3 is 18.9 Å². The molecule has 2 aliphatic rings. The van der Waals surface area contributed by atoms with Crippen molar-refractivity contribution in [1.29, 1.82) is 0 Å². The van der Waals surface area contributed by atoms with Gasteiger partial charge in [-0.15, -0.1) is 0 Å². The van der Waals surface area contributed by atoms with E-state index in [1.54, 1.807) is 24.3 Å². The molecule has 0 atom stereocenters. The molecule has 2 aromatic heterocycles. The van der Waals surface area contributed by atoms with Crippen LogP contribution in [0.4, 0.5) is 34.1 Å². The number of hydrogen-bond acceptors (Lipinski definition) is 2. The molecule has 0 spiro atoms. The number of benzene rings is 13. The molecule has 5 heteroatoms. The molecule has 0 unspecified atom stereocenters. The summed E-state index contributed by atoms with van der Waals surface area (Å²) in [6.07, 6.45) is -7.89. The predicted molar refractivity (Wildman–Crippen MR) is 537 cm³/mol. The molecule has 0 amide bonds. The Morgan fingerprint density at radius 3 is 0.919 bits per heavy atom. The van der Waals surface area contributed by atoms with Crippen LogP contribution in [0.3, 0.4) is 0 Å². The third-order valence-corrected chi connectivity index (χ3v) is 24.2. The quantitative estimate of drug-likeness (QED) is 0.113. The van der Waals surface area contributed by atoms with Crippen LogP contribution < -0.4 is 26.2 Å². The van der Waals surface area contributed by atoms with Crippen molar-refractivity contribution in [1.82, 2.24) is 9.13 Å². The van der Waals surface area contributed by atoms with Crippen molar-refractivity contribution in [3.8, 4) is 55.9 Å². The largest absolute Gasteiger partial charge is 0.311 e. The summed E-state index contributed by atoms with van der Waals surface area (Å²) in [4.78, 5) is 4.74. The number of aromatic nitrogens is 2. The zero-order chi connectivity index (χ0) is 102. The van der Waals surface area contributed by atoms with Gasteiger partial charge >= 0.3 is 0 Å². The summed E-state index contributed by atoms with van der Waals surface area (Å²) in [6.45, 7) is 55.0. The number of fused-ring (bicyclic) bond motifs is 10. The highest BCUT2D eigenvalue weighted by Gasteiger charge is 2.46. The molecule has 0 radical (unpaired) electrons. The molecule has 15 aromatic rings. The molecule has 0 saturated carbocycles. The number of hydrogen-bond donors (Lipinski definition) is 0. The third kappa shape index (κ3) is 16.3. The van der Waals surface area contributed by atoms with Gasteiger partial charge in [-0.05, 0) is 271 Å². The highest BCUT2D eigenvalue weighted by atomic mass is 15.2. The molecule has 0 N–H and O–H groups in total. The number of nitrogens with zero attached hydrogens (tertiary/aromatic N) is 4. The third-order valence-electron chi connectivity index (χ3n) is 24.2. The topological polar surface area (TPSA) is 16.3 Å². The van der Waals surface area contributed by atoms with E-state index in [0.717, 1.165) is 77.8 Å². The van der Waals surface area contributed by atoms with E-state index in [4.69, 9.17) is 0 Å². The fourth-order valence-electron chi connectivity index (χ4n) is 18.3. The van der Waals surface area contributed by atoms with E-state index in [2.05, 4.69) is 271 Å². The minimum Gasteiger partial charge on any atom is -0.311 e. The first kappa shape index (κ1) is 66.7. The van der Waals surface area contributed by atoms with Crippen LogP contribution in [-0.4, -0.2) is 15.8 Å². The average molecular weight is 1630 g/mol. The second-order valence-electron chi connectivity index (χ2n) is 44.0. The van der Waals surface area contributed by atoms with Crippen molar-refractivity contribution in [2.24, 2.45) is 21.7 Å². The summed E-state index contributed by atoms with van der Waals surface area (Å²) in [5.74, 6) is 0. The second kappa shape index (κ2) is 30.0. The van der Waals surface area contributed by atoms with E-state index >= 15 is 0 Å². The smallest absolute Gasteiger partial charge is 0.252 e. The van der Waals surface area contributed by atoms with Gasteiger partial charge in [0.1, 0.15) is 0 Å². The molecular weight excluding hydrogens is 1480 g/mol. The Balaban J connectivity index is 1.13. The molecule has 0 fully saturated rings. The van der Waals surface area contributed by atoms with Crippen LogP contribution in [0.25, 0.3) is 99.5 Å². The molecule has 123 heavy (non-hydrogen) atoms. The van der Waals surface area contributed by atoms with Gasteiger partial charge in [-0.1, -0.05) is 345 Å². The van der Waals surface area contributed by atoms with Crippen LogP contribution >= 0.6 is 0 Å². The van der Waals surface area contributed by atoms with Crippen molar-refractivity contribution in [3.63, 3.8) is 0 Å². The fourth-order valence-corrected chi connectivity index (χ4v) is 18.3. The lowest BCUT2D eigenvalue weighted by Gasteiger charge is -2.46. The maximum atomic E-state index is 10.8. The van der Waals surface area contributed by atoms with Crippen molar-refractivity contribution < 1.29 is 21.9 Å². The number of para-hydroxylation sites is 2. The second-order valence-corrected chi connectivity index (χ2v) is 44.0. The van der Waals surface area contributed by atoms with Crippen LogP contribution in [0.5, 0.6) is 0 Å². The minimum atomic E-state index is -2.02. The van der Waals surface area contributed by atoms with E-state index < -0.39 is 83.4 Å². The Labute approximate surface area is 759 Å². The maximum absolute atomic E-state index is 10.8. The SMILES string of the molecule is [2H]c1c([2H])c([2H])c2c(c1[2H])c1cc(C([2H])([2H])C(C)(C)C)ccc1n2-c1ccc2c(c1)N(c1cc(-c3cccc(C(C)(C)C)c3)c(C([2H])([2H])C(C)(C)C)cc1-c1cccc(C(C)(C)C)c1)c1cc(C(C)(C)C)cc3c1B2c1ccc(-n2c4ccc(C([2H])([2H])C(C)(C)C)cc4c4c([2H])c([2H])c([2H])c([2H])c42)cc1N3c1cc(-c2cccc(C(C)(C)C)c2)c(C([2H])([2H])C(C)(C)C)cc1-c1cccc(C(C)(C)C)c1. The van der Waals surface area contributed by atoms with Crippen LogP contribution in [0.2, 0.25) is 0 Å². The van der Waals surface area contributed by atoms with Gasteiger partial charge in [-0.25, -0.2) is 0 Å². The lowest BCUT2D eigenvalue weighted by atomic mass is 9.33. The monoisotopic (exact) mass is 1630 g/mol. The first-order chi connectivity index (χ1) is 64.0. The van der Waals surface area contributed by atoms with E-state index in [-0.39, 0.29) is 67.6 Å². The van der Waals surface area contributed by atoms with Gasteiger partial charge in [-0.2, -0.15) is 0 Å². The van der Waals surface area contributed by atoms with Gasteiger partial charge in [0, 0.05) is 77.8 Å². The van der Waals surface area contributed by atoms with E-state index in [1.807, 2.05) is 116 Å². The van der Waals surface area contributed by atoms with Crippen LogP contribution in [0, 0.1) is 21.7 Å². The summed E-state index contributed by atoms with van der Waals surface area (Å²) in [7, 11) is 0. The fraction of sp³-hybridized carbons (Fsp3) is 0.339. The van der Waals surface area contributed by atoms with E-state index in [0.29, 0.717) is 100 Å². The summed E-state index contributed by atoms with van der Waals surface area (Å²) in [6, 6.07) is 67.8. The minimum absolute atomic E-state index is 0.184. The van der Waals surface area contributed by atoms with Crippen molar-refractivity contribution in [3.05, 3.63) is 305 Å². The molecular formula is C118H131BN4. The molecule has 13 aromatic carbocycles.